The van der Waals surface area contributed by atoms with Gasteiger partial charge in [0, 0.05) is 12.5 Å². The quantitative estimate of drug-likeness (QED) is 0.827. The predicted molar refractivity (Wildman–Crippen MR) is 108 cm³/mol. The van der Waals surface area contributed by atoms with Gasteiger partial charge in [-0.2, -0.15) is 0 Å². The Kier molecular flexibility index (Phi) is 5.49. The number of carbonyl (C=O) groups is 3. The van der Waals surface area contributed by atoms with Crippen LogP contribution in [-0.4, -0.2) is 30.4 Å². The molecule has 2 aromatic carbocycles. The number of amides is 2. The molecule has 2 aromatic rings. The summed E-state index contributed by atoms with van der Waals surface area (Å²) in [5, 5.41) is 2.81. The molecular weight excluding hydrogens is 356 g/mol. The number of hydrogen-bond acceptors (Lipinski definition) is 4. The molecule has 0 bridgehead atoms. The van der Waals surface area contributed by atoms with E-state index in [1.165, 1.54) is 4.90 Å². The van der Waals surface area contributed by atoms with Crippen LogP contribution in [0.1, 0.15) is 40.4 Å². The Bertz CT molecular complexity index is 928. The molecule has 1 aliphatic heterocycles. The minimum Gasteiger partial charge on any atom is -0.452 e. The second-order valence-corrected chi connectivity index (χ2v) is 7.23. The highest BCUT2D eigenvalue weighted by Crippen LogP contribution is 2.31. The number of aryl methyl sites for hydroxylation is 3. The molecule has 6 nitrogen and oxygen atoms in total. The van der Waals surface area contributed by atoms with Crippen LogP contribution in [0.4, 0.5) is 11.4 Å². The number of nitrogens with one attached hydrogen (secondary N) is 1. The Morgan fingerprint density at radius 2 is 1.79 bits per heavy atom. The van der Waals surface area contributed by atoms with E-state index >= 15 is 0 Å². The second kappa shape index (κ2) is 7.84. The molecule has 1 atom stereocenters. The molecule has 2 amide bonds. The fraction of sp³-hybridized carbons (Fsp3) is 0.318. The third kappa shape index (κ3) is 3.91. The number of nitrogens with zero attached hydrogens (tertiary/aromatic N) is 1. The molecule has 0 spiro atoms. The second-order valence-electron chi connectivity index (χ2n) is 7.23. The monoisotopic (exact) mass is 380 g/mol. The van der Waals surface area contributed by atoms with Crippen molar-refractivity contribution in [2.24, 2.45) is 0 Å². The van der Waals surface area contributed by atoms with E-state index in [4.69, 9.17) is 4.74 Å². The van der Waals surface area contributed by atoms with Gasteiger partial charge in [-0.1, -0.05) is 29.8 Å². The number of rotatable bonds is 3. The highest BCUT2D eigenvalue weighted by atomic mass is 16.5. The van der Waals surface area contributed by atoms with Crippen LogP contribution in [0.2, 0.25) is 0 Å². The van der Waals surface area contributed by atoms with Gasteiger partial charge < -0.3 is 15.0 Å². The third-order valence-electron chi connectivity index (χ3n) is 4.84. The zero-order valence-electron chi connectivity index (χ0n) is 16.5. The van der Waals surface area contributed by atoms with Crippen LogP contribution in [0.5, 0.6) is 0 Å². The first kappa shape index (κ1) is 19.6. The van der Waals surface area contributed by atoms with Crippen LogP contribution in [-0.2, 0) is 14.3 Å². The Morgan fingerprint density at radius 1 is 1.14 bits per heavy atom. The standard InChI is InChI=1S/C22H24N2O4/c1-13-9-14(2)21(15(3)10-13)22(27)28-12-20(26)24-16(4)11-19(25)23-17-7-5-6-8-18(17)24/h5-10,16H,11-12H2,1-4H3,(H,23,25). The Labute approximate surface area is 164 Å². The summed E-state index contributed by atoms with van der Waals surface area (Å²) in [6.07, 6.45) is 0.171. The maximum Gasteiger partial charge on any atom is 0.339 e. The summed E-state index contributed by atoms with van der Waals surface area (Å²) in [5.74, 6) is -1.04. The Morgan fingerprint density at radius 3 is 2.46 bits per heavy atom. The van der Waals surface area contributed by atoms with Gasteiger partial charge in [0.25, 0.3) is 5.91 Å². The molecule has 0 fully saturated rings. The Balaban J connectivity index is 1.79. The lowest BCUT2D eigenvalue weighted by Crippen LogP contribution is -2.41. The van der Waals surface area contributed by atoms with Gasteiger partial charge in [-0.05, 0) is 51.0 Å². The topological polar surface area (TPSA) is 75.7 Å². The predicted octanol–water partition coefficient (Wildman–Crippen LogP) is 3.53. The van der Waals surface area contributed by atoms with Crippen LogP contribution in [0, 0.1) is 20.8 Å². The zero-order chi connectivity index (χ0) is 20.4. The fourth-order valence-electron chi connectivity index (χ4n) is 3.74. The first-order chi connectivity index (χ1) is 13.3. The van der Waals surface area contributed by atoms with E-state index in [1.54, 1.807) is 31.2 Å². The molecular formula is C22H24N2O4. The van der Waals surface area contributed by atoms with Crippen molar-refractivity contribution < 1.29 is 19.1 Å². The lowest BCUT2D eigenvalue weighted by atomic mass is 10.00. The molecule has 0 aliphatic carbocycles. The van der Waals surface area contributed by atoms with Crippen LogP contribution in [0.25, 0.3) is 0 Å². The van der Waals surface area contributed by atoms with Gasteiger partial charge in [0.15, 0.2) is 6.61 Å². The summed E-state index contributed by atoms with van der Waals surface area (Å²) >= 11 is 0. The van der Waals surface area contributed by atoms with Gasteiger partial charge in [-0.25, -0.2) is 4.79 Å². The van der Waals surface area contributed by atoms with Crippen LogP contribution >= 0.6 is 0 Å². The number of fused-ring (bicyclic) bond motifs is 1. The van der Waals surface area contributed by atoms with E-state index in [9.17, 15) is 14.4 Å². The van der Waals surface area contributed by atoms with Gasteiger partial charge in [0.2, 0.25) is 5.91 Å². The fourth-order valence-corrected chi connectivity index (χ4v) is 3.74. The van der Waals surface area contributed by atoms with Crippen molar-refractivity contribution in [1.29, 1.82) is 0 Å². The molecule has 0 saturated carbocycles. The molecule has 3 rings (SSSR count). The van der Waals surface area contributed by atoms with Crippen molar-refractivity contribution in [2.45, 2.75) is 40.2 Å². The van der Waals surface area contributed by atoms with Crippen molar-refractivity contribution in [3.8, 4) is 0 Å². The highest BCUT2D eigenvalue weighted by Gasteiger charge is 2.30. The number of esters is 1. The first-order valence-corrected chi connectivity index (χ1v) is 9.24. The third-order valence-corrected chi connectivity index (χ3v) is 4.84. The van der Waals surface area contributed by atoms with Crippen LogP contribution < -0.4 is 10.2 Å². The van der Waals surface area contributed by atoms with E-state index in [1.807, 2.05) is 32.9 Å². The normalized spacial score (nSPS) is 16.1. The van der Waals surface area contributed by atoms with E-state index in [0.29, 0.717) is 16.9 Å². The molecule has 28 heavy (non-hydrogen) atoms. The largest absolute Gasteiger partial charge is 0.452 e. The summed E-state index contributed by atoms with van der Waals surface area (Å²) < 4.78 is 5.34. The van der Waals surface area contributed by atoms with Crippen molar-refractivity contribution in [3.05, 3.63) is 58.7 Å². The number of anilines is 2. The number of benzene rings is 2. The zero-order valence-corrected chi connectivity index (χ0v) is 16.5. The van der Waals surface area contributed by atoms with Crippen molar-refractivity contribution in [2.75, 3.05) is 16.8 Å². The van der Waals surface area contributed by atoms with Gasteiger partial charge in [-0.3, -0.25) is 9.59 Å². The number of carbonyl (C=O) groups excluding carboxylic acids is 3. The van der Waals surface area contributed by atoms with Gasteiger partial charge in [0.05, 0.1) is 16.9 Å². The summed E-state index contributed by atoms with van der Waals surface area (Å²) in [7, 11) is 0. The molecule has 0 aromatic heterocycles. The molecule has 1 unspecified atom stereocenters. The lowest BCUT2D eigenvalue weighted by molar-refractivity contribution is -0.122. The van der Waals surface area contributed by atoms with Crippen LogP contribution in [0.15, 0.2) is 36.4 Å². The first-order valence-electron chi connectivity index (χ1n) is 9.24. The molecule has 0 radical (unpaired) electrons. The van der Waals surface area contributed by atoms with E-state index in [-0.39, 0.29) is 24.3 Å². The van der Waals surface area contributed by atoms with Gasteiger partial charge in [-0.15, -0.1) is 0 Å². The van der Waals surface area contributed by atoms with Gasteiger partial charge >= 0.3 is 5.97 Å². The average molecular weight is 380 g/mol. The van der Waals surface area contributed by atoms with Crippen molar-refractivity contribution >= 4 is 29.2 Å². The minimum atomic E-state index is -0.520. The molecule has 1 aliphatic rings. The highest BCUT2D eigenvalue weighted by molar-refractivity contribution is 6.05. The van der Waals surface area contributed by atoms with E-state index in [2.05, 4.69) is 5.32 Å². The molecule has 6 heteroatoms. The number of para-hydroxylation sites is 2. The Hall–Kier alpha value is -3.15. The van der Waals surface area contributed by atoms with E-state index in [0.717, 1.165) is 16.7 Å². The number of ether oxygens (including phenoxy) is 1. The SMILES string of the molecule is Cc1cc(C)c(C(=O)OCC(=O)N2c3ccccc3NC(=O)CC2C)c(C)c1. The summed E-state index contributed by atoms with van der Waals surface area (Å²) in [4.78, 5) is 39.0. The van der Waals surface area contributed by atoms with Crippen molar-refractivity contribution in [1.82, 2.24) is 0 Å². The van der Waals surface area contributed by atoms with Crippen LogP contribution in [0.3, 0.4) is 0 Å². The average Bonchev–Trinajstić information content (AvgIpc) is 2.73. The maximum atomic E-state index is 12.9. The summed E-state index contributed by atoms with van der Waals surface area (Å²) in [6, 6.07) is 10.6. The maximum absolute atomic E-state index is 12.9. The smallest absolute Gasteiger partial charge is 0.339 e. The lowest BCUT2D eigenvalue weighted by Gasteiger charge is -2.27. The van der Waals surface area contributed by atoms with E-state index < -0.39 is 12.6 Å². The molecule has 0 saturated heterocycles. The van der Waals surface area contributed by atoms with Gasteiger partial charge in [0.1, 0.15) is 0 Å². The molecule has 146 valence electrons. The summed E-state index contributed by atoms with van der Waals surface area (Å²) in [6.45, 7) is 7.08. The minimum absolute atomic E-state index is 0.154. The molecule has 1 heterocycles. The molecule has 1 N–H and O–H groups in total. The number of hydrogen-bond donors (Lipinski definition) is 1. The van der Waals surface area contributed by atoms with Crippen molar-refractivity contribution in [3.63, 3.8) is 0 Å². The summed E-state index contributed by atoms with van der Waals surface area (Å²) in [5.41, 5.74) is 4.36.